The maximum Gasteiger partial charge on any atom is 0.251 e. The van der Waals surface area contributed by atoms with Crippen molar-refractivity contribution < 1.29 is 9.53 Å². The van der Waals surface area contributed by atoms with Crippen LogP contribution in [0.5, 0.6) is 0 Å². The molecule has 1 amide bonds. The van der Waals surface area contributed by atoms with Crippen LogP contribution in [0.2, 0.25) is 0 Å². The predicted molar refractivity (Wildman–Crippen MR) is 92.8 cm³/mol. The Morgan fingerprint density at radius 1 is 1.26 bits per heavy atom. The second-order valence-electron chi connectivity index (χ2n) is 6.69. The lowest BCUT2D eigenvalue weighted by Crippen LogP contribution is -2.45. The zero-order chi connectivity index (χ0) is 16.2. The van der Waals surface area contributed by atoms with Crippen molar-refractivity contribution in [2.45, 2.75) is 39.2 Å². The number of hydrogen-bond acceptors (Lipinski definition) is 3. The van der Waals surface area contributed by atoms with E-state index in [-0.39, 0.29) is 12.0 Å². The average molecular weight is 316 g/mol. The number of benzene rings is 1. The molecule has 23 heavy (non-hydrogen) atoms. The number of hydrogen-bond donors (Lipinski definition) is 0. The number of fused-ring (bicyclic) bond motifs is 1. The van der Waals surface area contributed by atoms with Gasteiger partial charge in [-0.2, -0.15) is 0 Å². The van der Waals surface area contributed by atoms with Gasteiger partial charge in [0.05, 0.1) is 0 Å². The van der Waals surface area contributed by atoms with Gasteiger partial charge in [0.15, 0.2) is 0 Å². The van der Waals surface area contributed by atoms with Gasteiger partial charge in [-0.1, -0.05) is 18.2 Å². The standard InChI is InChI=1S/C19H28N2O2/c1-3-23-15(2)19(22)20-11-8-16(9-12-20)14-21-13-10-17-6-4-5-7-18(17)21/h4-7,15-16H,3,8-14H2,1-2H3/t15-/m1/s1. The number of carbonyl (C=O) groups is 1. The van der Waals surface area contributed by atoms with Crippen LogP contribution in [0.1, 0.15) is 32.3 Å². The van der Waals surface area contributed by atoms with Crippen LogP contribution in [-0.2, 0) is 16.0 Å². The van der Waals surface area contributed by atoms with Gasteiger partial charge in [-0.05, 0) is 50.7 Å². The molecule has 4 heteroatoms. The Balaban J connectivity index is 1.50. The van der Waals surface area contributed by atoms with E-state index in [0.29, 0.717) is 12.5 Å². The van der Waals surface area contributed by atoms with Crippen LogP contribution in [-0.4, -0.2) is 49.7 Å². The van der Waals surface area contributed by atoms with Crippen LogP contribution < -0.4 is 4.90 Å². The van der Waals surface area contributed by atoms with Gasteiger partial charge in [0.2, 0.25) is 0 Å². The first-order valence-corrected chi connectivity index (χ1v) is 8.92. The summed E-state index contributed by atoms with van der Waals surface area (Å²) in [6.07, 6.45) is 3.06. The highest BCUT2D eigenvalue weighted by Gasteiger charge is 2.28. The monoisotopic (exact) mass is 316 g/mol. The van der Waals surface area contributed by atoms with E-state index >= 15 is 0 Å². The van der Waals surface area contributed by atoms with Gasteiger partial charge in [0, 0.05) is 38.5 Å². The van der Waals surface area contributed by atoms with Gasteiger partial charge in [-0.25, -0.2) is 0 Å². The quantitative estimate of drug-likeness (QED) is 0.837. The van der Waals surface area contributed by atoms with Crippen molar-refractivity contribution in [2.75, 3.05) is 37.7 Å². The molecule has 2 aliphatic heterocycles. The molecule has 0 unspecified atom stereocenters. The zero-order valence-electron chi connectivity index (χ0n) is 14.3. The Morgan fingerprint density at radius 3 is 2.74 bits per heavy atom. The summed E-state index contributed by atoms with van der Waals surface area (Å²) in [5.74, 6) is 0.837. The molecule has 1 aromatic rings. The second-order valence-corrected chi connectivity index (χ2v) is 6.69. The Hall–Kier alpha value is -1.55. The van der Waals surface area contributed by atoms with Crippen molar-refractivity contribution in [3.05, 3.63) is 29.8 Å². The van der Waals surface area contributed by atoms with Gasteiger partial charge in [-0.3, -0.25) is 4.79 Å². The lowest BCUT2D eigenvalue weighted by molar-refractivity contribution is -0.143. The minimum atomic E-state index is -0.304. The number of rotatable bonds is 5. The summed E-state index contributed by atoms with van der Waals surface area (Å²) >= 11 is 0. The molecule has 126 valence electrons. The van der Waals surface area contributed by atoms with Gasteiger partial charge in [-0.15, -0.1) is 0 Å². The summed E-state index contributed by atoms with van der Waals surface area (Å²) < 4.78 is 5.43. The highest BCUT2D eigenvalue weighted by Crippen LogP contribution is 2.30. The summed E-state index contributed by atoms with van der Waals surface area (Å²) in [5, 5.41) is 0. The van der Waals surface area contributed by atoms with E-state index in [9.17, 15) is 4.79 Å². The Bertz CT molecular complexity index is 538. The van der Waals surface area contributed by atoms with Crippen LogP contribution in [0.4, 0.5) is 5.69 Å². The number of anilines is 1. The number of nitrogens with zero attached hydrogens (tertiary/aromatic N) is 2. The minimum Gasteiger partial charge on any atom is -0.371 e. The van der Waals surface area contributed by atoms with Crippen molar-refractivity contribution in [3.8, 4) is 0 Å². The summed E-state index contributed by atoms with van der Waals surface area (Å²) in [6.45, 7) is 8.40. The second kappa shape index (κ2) is 7.35. The average Bonchev–Trinajstić information content (AvgIpc) is 2.98. The molecule has 0 saturated carbocycles. The van der Waals surface area contributed by atoms with E-state index in [1.165, 1.54) is 17.7 Å². The molecule has 1 saturated heterocycles. The third kappa shape index (κ3) is 3.69. The molecular weight excluding hydrogens is 288 g/mol. The first-order chi connectivity index (χ1) is 11.2. The van der Waals surface area contributed by atoms with Crippen LogP contribution in [0.3, 0.4) is 0 Å². The normalized spacial score (nSPS) is 19.7. The van der Waals surface area contributed by atoms with Gasteiger partial charge in [0.25, 0.3) is 5.91 Å². The number of amides is 1. The molecule has 3 rings (SSSR count). The van der Waals surface area contributed by atoms with E-state index in [1.807, 2.05) is 18.7 Å². The fourth-order valence-electron chi connectivity index (χ4n) is 3.82. The Kier molecular flexibility index (Phi) is 5.21. The molecule has 1 fully saturated rings. The molecule has 2 heterocycles. The predicted octanol–water partition coefficient (Wildman–Crippen LogP) is 2.71. The summed E-state index contributed by atoms with van der Waals surface area (Å²) in [5.41, 5.74) is 2.89. The van der Waals surface area contributed by atoms with E-state index in [0.717, 1.165) is 39.0 Å². The molecule has 0 N–H and O–H groups in total. The smallest absolute Gasteiger partial charge is 0.251 e. The van der Waals surface area contributed by atoms with Crippen LogP contribution in [0.25, 0.3) is 0 Å². The van der Waals surface area contributed by atoms with E-state index < -0.39 is 0 Å². The van der Waals surface area contributed by atoms with Gasteiger partial charge < -0.3 is 14.5 Å². The van der Waals surface area contributed by atoms with Crippen LogP contribution in [0.15, 0.2) is 24.3 Å². The maximum absolute atomic E-state index is 12.3. The lowest BCUT2D eigenvalue weighted by Gasteiger charge is -2.35. The first kappa shape index (κ1) is 16.3. The molecule has 1 atom stereocenters. The minimum absolute atomic E-state index is 0.150. The van der Waals surface area contributed by atoms with E-state index in [2.05, 4.69) is 29.2 Å². The van der Waals surface area contributed by atoms with Crippen LogP contribution >= 0.6 is 0 Å². The number of likely N-dealkylation sites (tertiary alicyclic amines) is 1. The largest absolute Gasteiger partial charge is 0.371 e. The van der Waals surface area contributed by atoms with Crippen molar-refractivity contribution in [1.82, 2.24) is 4.90 Å². The zero-order valence-corrected chi connectivity index (χ0v) is 14.3. The molecule has 2 aliphatic rings. The van der Waals surface area contributed by atoms with Crippen molar-refractivity contribution in [1.29, 1.82) is 0 Å². The molecule has 0 spiro atoms. The van der Waals surface area contributed by atoms with E-state index in [4.69, 9.17) is 4.74 Å². The first-order valence-electron chi connectivity index (χ1n) is 8.92. The lowest BCUT2D eigenvalue weighted by atomic mass is 9.95. The number of ether oxygens (including phenoxy) is 1. The summed E-state index contributed by atoms with van der Waals surface area (Å²) in [7, 11) is 0. The SMILES string of the molecule is CCO[C@H](C)C(=O)N1CCC(CN2CCc3ccccc32)CC1. The fourth-order valence-corrected chi connectivity index (χ4v) is 3.82. The van der Waals surface area contributed by atoms with Crippen molar-refractivity contribution >= 4 is 11.6 Å². The van der Waals surface area contributed by atoms with E-state index in [1.54, 1.807) is 0 Å². The summed E-state index contributed by atoms with van der Waals surface area (Å²) in [4.78, 5) is 16.8. The Morgan fingerprint density at radius 2 is 2.00 bits per heavy atom. The van der Waals surface area contributed by atoms with Crippen molar-refractivity contribution in [2.24, 2.45) is 5.92 Å². The number of carbonyl (C=O) groups excluding carboxylic acids is 1. The topological polar surface area (TPSA) is 32.8 Å². The van der Waals surface area contributed by atoms with Crippen molar-refractivity contribution in [3.63, 3.8) is 0 Å². The number of para-hydroxylation sites is 1. The van der Waals surface area contributed by atoms with Crippen LogP contribution in [0, 0.1) is 5.92 Å². The molecule has 1 aromatic carbocycles. The highest BCUT2D eigenvalue weighted by atomic mass is 16.5. The highest BCUT2D eigenvalue weighted by molar-refractivity contribution is 5.80. The molecule has 0 bridgehead atoms. The summed E-state index contributed by atoms with van der Waals surface area (Å²) in [6, 6.07) is 8.75. The molecule has 4 nitrogen and oxygen atoms in total. The maximum atomic E-state index is 12.3. The molecule has 0 aliphatic carbocycles. The number of piperidine rings is 1. The molecule has 0 aromatic heterocycles. The third-order valence-corrected chi connectivity index (χ3v) is 5.15. The third-order valence-electron chi connectivity index (χ3n) is 5.15. The van der Waals surface area contributed by atoms with Gasteiger partial charge in [0.1, 0.15) is 6.10 Å². The van der Waals surface area contributed by atoms with Gasteiger partial charge >= 0.3 is 0 Å². The fraction of sp³-hybridized carbons (Fsp3) is 0.632. The molecule has 0 radical (unpaired) electrons. The molecular formula is C19H28N2O2. The Labute approximate surface area is 139 Å².